The van der Waals surface area contributed by atoms with Crippen molar-refractivity contribution in [3.63, 3.8) is 0 Å². The predicted molar refractivity (Wildman–Crippen MR) is 120 cm³/mol. The van der Waals surface area contributed by atoms with Gasteiger partial charge >= 0.3 is 5.97 Å². The minimum atomic E-state index is -3.97. The number of benzene rings is 2. The van der Waals surface area contributed by atoms with Crippen LogP contribution in [-0.2, 0) is 26.1 Å². The second-order valence-corrected chi connectivity index (χ2v) is 9.41. The molecule has 0 radical (unpaired) electrons. The molecule has 33 heavy (non-hydrogen) atoms. The first kappa shape index (κ1) is 22.6. The van der Waals surface area contributed by atoms with E-state index in [9.17, 15) is 22.8 Å². The molecule has 1 amide bonds. The summed E-state index contributed by atoms with van der Waals surface area (Å²) in [6.07, 6.45) is 1.04. The van der Waals surface area contributed by atoms with Gasteiger partial charge in [0, 0.05) is 0 Å². The van der Waals surface area contributed by atoms with Crippen LogP contribution in [0.5, 0.6) is 0 Å². The van der Waals surface area contributed by atoms with Gasteiger partial charge in [0.25, 0.3) is 5.91 Å². The smallest absolute Gasteiger partial charge is 0.326 e. The summed E-state index contributed by atoms with van der Waals surface area (Å²) in [5.74, 6) is -1.45. The van der Waals surface area contributed by atoms with Crippen molar-refractivity contribution in [1.82, 2.24) is 4.57 Å². The Hall–Kier alpha value is -3.61. The van der Waals surface area contributed by atoms with Gasteiger partial charge in [-0.15, -0.1) is 0 Å². The summed E-state index contributed by atoms with van der Waals surface area (Å²) in [7, 11) is -3.97. The molecule has 0 saturated carbocycles. The van der Waals surface area contributed by atoms with Crippen LogP contribution in [-0.4, -0.2) is 31.5 Å². The summed E-state index contributed by atoms with van der Waals surface area (Å²) in [4.78, 5) is 41.7. The number of rotatable bonds is 5. The second-order valence-electron chi connectivity index (χ2n) is 6.84. The van der Waals surface area contributed by atoms with E-state index in [-0.39, 0.29) is 33.8 Å². The molecule has 170 valence electrons. The Balaban J connectivity index is 1.89. The molecular formula is C21H17N3O7S2. The number of para-hydroxylation sites is 1. The summed E-state index contributed by atoms with van der Waals surface area (Å²) < 4.78 is 35.6. The van der Waals surface area contributed by atoms with E-state index in [2.05, 4.69) is 4.99 Å². The van der Waals surface area contributed by atoms with Gasteiger partial charge in [0.15, 0.2) is 4.80 Å². The van der Waals surface area contributed by atoms with Gasteiger partial charge in [-0.25, -0.2) is 13.6 Å². The number of ether oxygens (including phenoxy) is 1. The van der Waals surface area contributed by atoms with Gasteiger partial charge in [-0.05, 0) is 37.3 Å². The number of nitrogens with two attached hydrogens (primary N) is 1. The summed E-state index contributed by atoms with van der Waals surface area (Å²) in [5, 5.41) is 5.43. The van der Waals surface area contributed by atoms with Gasteiger partial charge in [-0.3, -0.25) is 14.4 Å². The van der Waals surface area contributed by atoms with Gasteiger partial charge in [0.1, 0.15) is 24.0 Å². The van der Waals surface area contributed by atoms with Crippen molar-refractivity contribution in [2.45, 2.75) is 18.4 Å². The Morgan fingerprint density at radius 2 is 1.97 bits per heavy atom. The van der Waals surface area contributed by atoms with E-state index in [1.54, 1.807) is 25.1 Å². The quantitative estimate of drug-likeness (QED) is 0.421. The van der Waals surface area contributed by atoms with Crippen molar-refractivity contribution in [3.8, 4) is 0 Å². The fourth-order valence-corrected chi connectivity index (χ4v) is 4.86. The number of amides is 1. The zero-order chi connectivity index (χ0) is 23.8. The van der Waals surface area contributed by atoms with Crippen molar-refractivity contribution in [2.24, 2.45) is 10.1 Å². The molecule has 0 aliphatic carbocycles. The number of hydrogen-bond donors (Lipinski definition) is 1. The number of hydrogen-bond acceptors (Lipinski definition) is 8. The maximum atomic E-state index is 12.9. The minimum absolute atomic E-state index is 0.0715. The van der Waals surface area contributed by atoms with Gasteiger partial charge < -0.3 is 13.7 Å². The average Bonchev–Trinajstić information content (AvgIpc) is 3.09. The van der Waals surface area contributed by atoms with Gasteiger partial charge in [-0.1, -0.05) is 23.5 Å². The number of esters is 1. The zero-order valence-corrected chi connectivity index (χ0v) is 18.8. The van der Waals surface area contributed by atoms with Crippen LogP contribution in [0.1, 0.15) is 17.3 Å². The van der Waals surface area contributed by atoms with E-state index in [1.807, 2.05) is 0 Å². The molecule has 2 aromatic heterocycles. The summed E-state index contributed by atoms with van der Waals surface area (Å²) in [6.45, 7) is 1.53. The molecule has 12 heteroatoms. The van der Waals surface area contributed by atoms with Crippen LogP contribution in [0.3, 0.4) is 0 Å². The number of sulfonamides is 1. The Labute approximate surface area is 190 Å². The molecule has 0 bridgehead atoms. The third kappa shape index (κ3) is 4.49. The number of primary sulfonamides is 1. The third-order valence-electron chi connectivity index (χ3n) is 4.68. The van der Waals surface area contributed by atoms with Crippen LogP contribution in [0.2, 0.25) is 0 Å². The van der Waals surface area contributed by atoms with Crippen LogP contribution in [0.4, 0.5) is 0 Å². The Morgan fingerprint density at radius 1 is 1.21 bits per heavy atom. The van der Waals surface area contributed by atoms with Crippen LogP contribution >= 0.6 is 11.3 Å². The molecule has 2 heterocycles. The maximum absolute atomic E-state index is 12.9. The number of nitrogens with zero attached hydrogens (tertiary/aromatic N) is 2. The Bertz CT molecular complexity index is 1650. The number of fused-ring (bicyclic) bond motifs is 2. The molecule has 2 aromatic carbocycles. The number of aromatic nitrogens is 1. The standard InChI is InChI=1S/C21H17N3O7S2/c1-2-30-18(25)10-24-15-8-7-12(33(22,28)29)9-17(15)32-21(24)23-20(27)14-11-31-16-6-4-3-5-13(16)19(14)26/h3-9,11H,2,10H2,1H3,(H2,22,28,29). The lowest BCUT2D eigenvalue weighted by atomic mass is 10.2. The van der Waals surface area contributed by atoms with Crippen LogP contribution in [0.15, 0.2) is 67.8 Å². The van der Waals surface area contributed by atoms with Gasteiger partial charge in [0.2, 0.25) is 15.5 Å². The lowest BCUT2D eigenvalue weighted by molar-refractivity contribution is -0.143. The summed E-state index contributed by atoms with van der Waals surface area (Å²) in [5.41, 5.74) is -0.0504. The third-order valence-corrected chi connectivity index (χ3v) is 6.64. The fourth-order valence-electron chi connectivity index (χ4n) is 3.18. The average molecular weight is 488 g/mol. The summed E-state index contributed by atoms with van der Waals surface area (Å²) in [6, 6.07) is 10.5. The lowest BCUT2D eigenvalue weighted by Gasteiger charge is -2.05. The second kappa shape index (κ2) is 8.73. The number of carbonyl (C=O) groups excluding carboxylic acids is 2. The molecule has 10 nitrogen and oxygen atoms in total. The lowest BCUT2D eigenvalue weighted by Crippen LogP contribution is -2.24. The summed E-state index contributed by atoms with van der Waals surface area (Å²) >= 11 is 0.962. The molecule has 0 fully saturated rings. The maximum Gasteiger partial charge on any atom is 0.326 e. The minimum Gasteiger partial charge on any atom is -0.465 e. The van der Waals surface area contributed by atoms with Crippen molar-refractivity contribution < 1.29 is 27.2 Å². The molecule has 4 aromatic rings. The van der Waals surface area contributed by atoms with E-state index >= 15 is 0 Å². The highest BCUT2D eigenvalue weighted by Crippen LogP contribution is 2.21. The van der Waals surface area contributed by atoms with E-state index in [0.29, 0.717) is 15.8 Å². The molecule has 2 N–H and O–H groups in total. The van der Waals surface area contributed by atoms with E-state index in [4.69, 9.17) is 14.3 Å². The highest BCUT2D eigenvalue weighted by molar-refractivity contribution is 7.89. The number of thiazole rings is 1. The topological polar surface area (TPSA) is 151 Å². The molecule has 0 aliphatic heterocycles. The van der Waals surface area contributed by atoms with Gasteiger partial charge in [0.05, 0.1) is 27.1 Å². The molecule has 0 saturated heterocycles. The number of carbonyl (C=O) groups is 2. The normalized spacial score (nSPS) is 12.4. The monoisotopic (exact) mass is 487 g/mol. The van der Waals surface area contributed by atoms with Crippen LogP contribution in [0, 0.1) is 0 Å². The highest BCUT2D eigenvalue weighted by Gasteiger charge is 2.18. The Kier molecular flexibility index (Phi) is 5.97. The first-order chi connectivity index (χ1) is 15.7. The van der Waals surface area contributed by atoms with E-state index in [1.165, 1.54) is 28.8 Å². The molecular weight excluding hydrogens is 470 g/mol. The van der Waals surface area contributed by atoms with Crippen molar-refractivity contribution in [3.05, 3.63) is 69.3 Å². The highest BCUT2D eigenvalue weighted by atomic mass is 32.2. The predicted octanol–water partition coefficient (Wildman–Crippen LogP) is 1.76. The van der Waals surface area contributed by atoms with Crippen molar-refractivity contribution >= 4 is 54.4 Å². The van der Waals surface area contributed by atoms with Crippen molar-refractivity contribution in [2.75, 3.05) is 6.61 Å². The van der Waals surface area contributed by atoms with E-state index < -0.39 is 27.3 Å². The molecule has 0 atom stereocenters. The van der Waals surface area contributed by atoms with Crippen molar-refractivity contribution in [1.29, 1.82) is 0 Å². The zero-order valence-electron chi connectivity index (χ0n) is 17.2. The Morgan fingerprint density at radius 3 is 2.70 bits per heavy atom. The first-order valence-corrected chi connectivity index (χ1v) is 12.0. The molecule has 4 rings (SSSR count). The van der Waals surface area contributed by atoms with Gasteiger partial charge in [-0.2, -0.15) is 4.99 Å². The SMILES string of the molecule is CCOC(=O)Cn1c(=NC(=O)c2coc3ccccc3c2=O)sc2cc(S(N)(=O)=O)ccc21. The first-order valence-electron chi connectivity index (χ1n) is 9.60. The molecule has 0 spiro atoms. The van der Waals surface area contributed by atoms with Crippen LogP contribution < -0.4 is 15.4 Å². The fraction of sp³-hybridized carbons (Fsp3) is 0.143. The largest absolute Gasteiger partial charge is 0.465 e. The van der Waals surface area contributed by atoms with E-state index in [0.717, 1.165) is 17.6 Å². The van der Waals surface area contributed by atoms with Crippen LogP contribution in [0.25, 0.3) is 21.2 Å². The molecule has 0 aliphatic rings. The molecule has 0 unspecified atom stereocenters.